The second-order valence-electron chi connectivity index (χ2n) is 8.09. The van der Waals surface area contributed by atoms with Crippen molar-refractivity contribution < 1.29 is 14.3 Å². The molecule has 1 saturated heterocycles. The maximum absolute atomic E-state index is 13.1. The van der Waals surface area contributed by atoms with E-state index in [9.17, 15) is 10.1 Å². The number of para-hydroxylation sites is 1. The summed E-state index contributed by atoms with van der Waals surface area (Å²) in [5.74, 6) is 0.940. The summed E-state index contributed by atoms with van der Waals surface area (Å²) in [6.07, 6.45) is 1.62. The second-order valence-corrected chi connectivity index (χ2v) is 9.26. The van der Waals surface area contributed by atoms with E-state index in [0.717, 1.165) is 27.9 Å². The fourth-order valence-corrected chi connectivity index (χ4v) is 4.76. The van der Waals surface area contributed by atoms with Gasteiger partial charge in [0.1, 0.15) is 18.2 Å². The second kappa shape index (κ2) is 11.8. The number of ether oxygens (including phenoxy) is 2. The van der Waals surface area contributed by atoms with E-state index >= 15 is 0 Å². The van der Waals surface area contributed by atoms with Gasteiger partial charge in [0.2, 0.25) is 0 Å². The zero-order valence-electron chi connectivity index (χ0n) is 19.5. The predicted octanol–water partition coefficient (Wildman–Crippen LogP) is 5.13. The molecule has 6 nitrogen and oxygen atoms in total. The Morgan fingerprint density at radius 1 is 1.03 bits per heavy atom. The van der Waals surface area contributed by atoms with Crippen LogP contribution in [0, 0.1) is 14.9 Å². The van der Waals surface area contributed by atoms with Gasteiger partial charge >= 0.3 is 0 Å². The van der Waals surface area contributed by atoms with Crippen LogP contribution in [0.25, 0.3) is 6.08 Å². The summed E-state index contributed by atoms with van der Waals surface area (Å²) in [7, 11) is 1.58. The summed E-state index contributed by atoms with van der Waals surface area (Å²) < 4.78 is 12.4. The lowest BCUT2D eigenvalue weighted by Gasteiger charge is -2.36. The number of halogens is 1. The Bertz CT molecular complexity index is 1230. The van der Waals surface area contributed by atoms with Crippen LogP contribution in [0.1, 0.15) is 11.1 Å². The van der Waals surface area contributed by atoms with Gasteiger partial charge < -0.3 is 19.3 Å². The van der Waals surface area contributed by atoms with Crippen molar-refractivity contribution >= 4 is 40.3 Å². The fourth-order valence-electron chi connectivity index (χ4n) is 3.98. The maximum Gasteiger partial charge on any atom is 0.264 e. The SMILES string of the molecule is COc1cc(/C=C(/C#N)C(=O)N2CCN(c3ccccc3)CC2)cc(I)c1OCc1ccccc1. The first-order valence-corrected chi connectivity index (χ1v) is 12.4. The van der Waals surface area contributed by atoms with E-state index in [-0.39, 0.29) is 11.5 Å². The van der Waals surface area contributed by atoms with Crippen molar-refractivity contribution in [2.75, 3.05) is 38.2 Å². The molecule has 1 aliphatic heterocycles. The fraction of sp³-hybridized carbons (Fsp3) is 0.214. The van der Waals surface area contributed by atoms with Gasteiger partial charge in [0, 0.05) is 31.9 Å². The normalized spacial score (nSPS) is 13.8. The van der Waals surface area contributed by atoms with Crippen LogP contribution < -0.4 is 14.4 Å². The number of hydrogen-bond donors (Lipinski definition) is 0. The van der Waals surface area contributed by atoms with Crippen LogP contribution in [0.3, 0.4) is 0 Å². The quantitative estimate of drug-likeness (QED) is 0.221. The Kier molecular flexibility index (Phi) is 8.27. The first-order chi connectivity index (χ1) is 17.1. The van der Waals surface area contributed by atoms with Crippen molar-refractivity contribution in [2.45, 2.75) is 6.61 Å². The molecule has 1 aliphatic rings. The summed E-state index contributed by atoms with van der Waals surface area (Å²) >= 11 is 2.19. The molecule has 0 unspecified atom stereocenters. The van der Waals surface area contributed by atoms with Crippen molar-refractivity contribution in [3.63, 3.8) is 0 Å². The molecule has 0 aromatic heterocycles. The van der Waals surface area contributed by atoms with Crippen LogP contribution in [-0.2, 0) is 11.4 Å². The third-order valence-electron chi connectivity index (χ3n) is 5.83. The molecule has 1 heterocycles. The number of benzene rings is 3. The average molecular weight is 579 g/mol. The first-order valence-electron chi connectivity index (χ1n) is 11.3. The van der Waals surface area contributed by atoms with Crippen molar-refractivity contribution in [1.82, 2.24) is 4.90 Å². The minimum Gasteiger partial charge on any atom is -0.493 e. The van der Waals surface area contributed by atoms with Crippen LogP contribution in [0.2, 0.25) is 0 Å². The molecule has 4 rings (SSSR count). The summed E-state index contributed by atoms with van der Waals surface area (Å²) in [4.78, 5) is 17.1. The first kappa shape index (κ1) is 24.6. The Balaban J connectivity index is 1.46. The third-order valence-corrected chi connectivity index (χ3v) is 6.63. The maximum atomic E-state index is 13.1. The van der Waals surface area contributed by atoms with E-state index in [1.165, 1.54) is 0 Å². The molecular formula is C28H26IN3O3. The van der Waals surface area contributed by atoms with Crippen LogP contribution in [-0.4, -0.2) is 44.1 Å². The molecule has 1 fully saturated rings. The molecule has 0 saturated carbocycles. The highest BCUT2D eigenvalue weighted by atomic mass is 127. The molecule has 178 valence electrons. The van der Waals surface area contributed by atoms with E-state index in [1.54, 1.807) is 24.2 Å². The number of carbonyl (C=O) groups excluding carboxylic acids is 1. The largest absolute Gasteiger partial charge is 0.493 e. The molecule has 0 spiro atoms. The molecule has 0 N–H and O–H groups in total. The zero-order valence-corrected chi connectivity index (χ0v) is 21.6. The molecular weight excluding hydrogens is 553 g/mol. The van der Waals surface area contributed by atoms with E-state index in [0.29, 0.717) is 36.8 Å². The Labute approximate surface area is 219 Å². The highest BCUT2D eigenvalue weighted by Gasteiger charge is 2.24. The highest BCUT2D eigenvalue weighted by molar-refractivity contribution is 14.1. The molecule has 0 atom stereocenters. The molecule has 0 bridgehead atoms. The van der Waals surface area contributed by atoms with E-state index in [4.69, 9.17) is 9.47 Å². The molecule has 7 heteroatoms. The van der Waals surface area contributed by atoms with Gasteiger partial charge in [0.15, 0.2) is 11.5 Å². The summed E-state index contributed by atoms with van der Waals surface area (Å²) in [6.45, 7) is 3.01. The zero-order chi connectivity index (χ0) is 24.6. The Morgan fingerprint density at radius 3 is 2.31 bits per heavy atom. The van der Waals surface area contributed by atoms with Gasteiger partial charge in [-0.05, 0) is 64.1 Å². The molecule has 0 aliphatic carbocycles. The van der Waals surface area contributed by atoms with Crippen LogP contribution in [0.5, 0.6) is 11.5 Å². The smallest absolute Gasteiger partial charge is 0.264 e. The number of nitriles is 1. The topological polar surface area (TPSA) is 65.8 Å². The summed E-state index contributed by atoms with van der Waals surface area (Å²) in [5, 5.41) is 9.75. The number of piperazine rings is 1. The predicted molar refractivity (Wildman–Crippen MR) is 145 cm³/mol. The molecule has 3 aromatic rings. The Hall–Kier alpha value is -3.51. The van der Waals surface area contributed by atoms with Gasteiger partial charge in [-0.15, -0.1) is 0 Å². The lowest BCUT2D eigenvalue weighted by atomic mass is 10.1. The standard InChI is InChI=1S/C28H26IN3O3/c1-34-26-18-22(17-25(29)27(26)35-20-21-8-4-2-5-9-21)16-23(19-30)28(33)32-14-12-31(13-15-32)24-10-6-3-7-11-24/h2-11,16-18H,12-15,20H2,1H3/b23-16-. The third kappa shape index (κ3) is 6.14. The molecule has 0 radical (unpaired) electrons. The number of carbonyl (C=O) groups is 1. The molecule has 35 heavy (non-hydrogen) atoms. The van der Waals surface area contributed by atoms with Gasteiger partial charge in [-0.2, -0.15) is 5.26 Å². The number of anilines is 1. The number of amides is 1. The van der Waals surface area contributed by atoms with Crippen molar-refractivity contribution in [3.05, 3.63) is 93.1 Å². The molecule has 3 aromatic carbocycles. The summed E-state index contributed by atoms with van der Waals surface area (Å²) in [5.41, 5.74) is 3.02. The van der Waals surface area contributed by atoms with Crippen molar-refractivity contribution in [1.29, 1.82) is 5.26 Å². The van der Waals surface area contributed by atoms with Crippen molar-refractivity contribution in [2.24, 2.45) is 0 Å². The number of hydrogen-bond acceptors (Lipinski definition) is 5. The Morgan fingerprint density at radius 2 is 1.69 bits per heavy atom. The van der Waals surface area contributed by atoms with Crippen LogP contribution in [0.4, 0.5) is 5.69 Å². The molecule has 1 amide bonds. The van der Waals surface area contributed by atoms with E-state index in [1.807, 2.05) is 54.6 Å². The van der Waals surface area contributed by atoms with Gasteiger partial charge in [-0.3, -0.25) is 4.79 Å². The summed E-state index contributed by atoms with van der Waals surface area (Å²) in [6, 6.07) is 25.8. The average Bonchev–Trinajstić information content (AvgIpc) is 2.91. The monoisotopic (exact) mass is 579 g/mol. The van der Waals surface area contributed by atoms with E-state index in [2.05, 4.69) is 45.7 Å². The minimum absolute atomic E-state index is 0.106. The number of rotatable bonds is 7. The highest BCUT2D eigenvalue weighted by Crippen LogP contribution is 2.35. The van der Waals surface area contributed by atoms with Gasteiger partial charge in [0.25, 0.3) is 5.91 Å². The van der Waals surface area contributed by atoms with Crippen molar-refractivity contribution in [3.8, 4) is 17.6 Å². The van der Waals surface area contributed by atoms with Gasteiger partial charge in [0.05, 0.1) is 10.7 Å². The van der Waals surface area contributed by atoms with Crippen LogP contribution >= 0.6 is 22.6 Å². The van der Waals surface area contributed by atoms with Gasteiger partial charge in [-0.1, -0.05) is 48.5 Å². The lowest BCUT2D eigenvalue weighted by Crippen LogP contribution is -2.49. The van der Waals surface area contributed by atoms with Crippen LogP contribution in [0.15, 0.2) is 78.4 Å². The minimum atomic E-state index is -0.251. The number of methoxy groups -OCH3 is 1. The van der Waals surface area contributed by atoms with Gasteiger partial charge in [-0.25, -0.2) is 0 Å². The number of nitrogens with zero attached hydrogens (tertiary/aromatic N) is 3. The van der Waals surface area contributed by atoms with E-state index < -0.39 is 0 Å². The lowest BCUT2D eigenvalue weighted by molar-refractivity contribution is -0.126.